The van der Waals surface area contributed by atoms with Gasteiger partial charge in [-0.05, 0) is 19.1 Å². The third-order valence-corrected chi connectivity index (χ3v) is 2.95. The Morgan fingerprint density at radius 3 is 2.50 bits per heavy atom. The molecule has 0 aliphatic rings. The van der Waals surface area contributed by atoms with Crippen LogP contribution in [0.25, 0.3) is 0 Å². The number of nitrogens with two attached hydrogens (primary N) is 2. The fraction of sp³-hybridized carbons (Fsp3) is 0.300. The molecule has 3 nitrogen and oxygen atoms in total. The highest BCUT2D eigenvalue weighted by molar-refractivity contribution is 7.99. The third kappa shape index (κ3) is 3.40. The lowest BCUT2D eigenvalue weighted by molar-refractivity contribution is -0.118. The van der Waals surface area contributed by atoms with Crippen molar-refractivity contribution in [3.63, 3.8) is 0 Å². The molecule has 1 amide bonds. The molecule has 0 saturated heterocycles. The van der Waals surface area contributed by atoms with E-state index in [0.717, 1.165) is 4.90 Å². The zero-order chi connectivity index (χ0) is 10.6. The SMILES string of the molecule is Cc1ccc(SCC(N)C(N)=O)cc1. The summed E-state index contributed by atoms with van der Waals surface area (Å²) in [5, 5.41) is 0. The molecule has 1 atom stereocenters. The maximum absolute atomic E-state index is 10.7. The Bertz CT molecular complexity index is 310. The molecule has 0 radical (unpaired) electrons. The Morgan fingerprint density at radius 2 is 2.00 bits per heavy atom. The molecular weight excluding hydrogens is 196 g/mol. The van der Waals surface area contributed by atoms with Crippen LogP contribution in [0, 0.1) is 6.92 Å². The van der Waals surface area contributed by atoms with Crippen LogP contribution in [0.2, 0.25) is 0 Å². The molecule has 4 heteroatoms. The normalized spacial score (nSPS) is 12.4. The van der Waals surface area contributed by atoms with Gasteiger partial charge in [0, 0.05) is 10.6 Å². The zero-order valence-corrected chi connectivity index (χ0v) is 8.88. The van der Waals surface area contributed by atoms with E-state index in [2.05, 4.69) is 0 Å². The molecule has 1 aromatic carbocycles. The number of thioether (sulfide) groups is 1. The minimum atomic E-state index is -0.568. The molecule has 1 aromatic rings. The standard InChI is InChI=1S/C10H14N2OS/c1-7-2-4-8(5-3-7)14-6-9(11)10(12)13/h2-5,9H,6,11H2,1H3,(H2,12,13). The van der Waals surface area contributed by atoms with Crippen molar-refractivity contribution < 1.29 is 4.79 Å². The predicted molar refractivity (Wildman–Crippen MR) is 59.1 cm³/mol. The highest BCUT2D eigenvalue weighted by atomic mass is 32.2. The van der Waals surface area contributed by atoms with Crippen LogP contribution in [-0.4, -0.2) is 17.7 Å². The first-order valence-corrected chi connectivity index (χ1v) is 5.32. The highest BCUT2D eigenvalue weighted by Gasteiger charge is 2.08. The molecular formula is C10H14N2OS. The summed E-state index contributed by atoms with van der Waals surface area (Å²) in [5.74, 6) is 0.0721. The van der Waals surface area contributed by atoms with Crippen molar-refractivity contribution in [1.29, 1.82) is 0 Å². The van der Waals surface area contributed by atoms with Crippen molar-refractivity contribution in [2.24, 2.45) is 11.5 Å². The van der Waals surface area contributed by atoms with Gasteiger partial charge in [-0.2, -0.15) is 0 Å². The van der Waals surface area contributed by atoms with Gasteiger partial charge < -0.3 is 11.5 Å². The van der Waals surface area contributed by atoms with E-state index in [9.17, 15) is 4.79 Å². The molecule has 0 aromatic heterocycles. The minimum Gasteiger partial charge on any atom is -0.368 e. The van der Waals surface area contributed by atoms with Crippen LogP contribution in [-0.2, 0) is 4.79 Å². The van der Waals surface area contributed by atoms with Gasteiger partial charge in [-0.3, -0.25) is 4.79 Å². The van der Waals surface area contributed by atoms with Gasteiger partial charge in [-0.1, -0.05) is 17.7 Å². The summed E-state index contributed by atoms with van der Waals surface area (Å²) in [7, 11) is 0. The number of hydrogen-bond donors (Lipinski definition) is 2. The van der Waals surface area contributed by atoms with Crippen molar-refractivity contribution in [2.45, 2.75) is 17.9 Å². The van der Waals surface area contributed by atoms with Crippen molar-refractivity contribution in [3.8, 4) is 0 Å². The lowest BCUT2D eigenvalue weighted by Gasteiger charge is -2.06. The summed E-state index contributed by atoms with van der Waals surface area (Å²) in [5.41, 5.74) is 11.8. The van der Waals surface area contributed by atoms with E-state index < -0.39 is 11.9 Å². The molecule has 0 bridgehead atoms. The largest absolute Gasteiger partial charge is 0.368 e. The van der Waals surface area contributed by atoms with Gasteiger partial charge >= 0.3 is 0 Å². The summed E-state index contributed by atoms with van der Waals surface area (Å²) < 4.78 is 0. The lowest BCUT2D eigenvalue weighted by atomic mass is 10.2. The summed E-state index contributed by atoms with van der Waals surface area (Å²) in [4.78, 5) is 11.8. The molecule has 0 saturated carbocycles. The van der Waals surface area contributed by atoms with Crippen molar-refractivity contribution in [1.82, 2.24) is 0 Å². The Balaban J connectivity index is 2.46. The number of aryl methyl sites for hydroxylation is 1. The average Bonchev–Trinajstić information content (AvgIpc) is 2.16. The summed E-state index contributed by atoms with van der Waals surface area (Å²) in [6.07, 6.45) is 0. The Kier molecular flexibility index (Phi) is 3.98. The number of amides is 1. The molecule has 76 valence electrons. The number of benzene rings is 1. The van der Waals surface area contributed by atoms with E-state index in [4.69, 9.17) is 11.5 Å². The summed E-state index contributed by atoms with van der Waals surface area (Å²) >= 11 is 1.54. The van der Waals surface area contributed by atoms with Crippen molar-refractivity contribution >= 4 is 17.7 Å². The maximum Gasteiger partial charge on any atom is 0.235 e. The van der Waals surface area contributed by atoms with E-state index in [1.165, 1.54) is 17.3 Å². The number of carbonyl (C=O) groups is 1. The highest BCUT2D eigenvalue weighted by Crippen LogP contribution is 2.18. The molecule has 0 aliphatic carbocycles. The van der Waals surface area contributed by atoms with E-state index in [-0.39, 0.29) is 0 Å². The van der Waals surface area contributed by atoms with Gasteiger partial charge in [-0.25, -0.2) is 0 Å². The van der Waals surface area contributed by atoms with Crippen LogP contribution in [0.5, 0.6) is 0 Å². The molecule has 0 fully saturated rings. The smallest absolute Gasteiger partial charge is 0.235 e. The van der Waals surface area contributed by atoms with Gasteiger partial charge in [-0.15, -0.1) is 11.8 Å². The number of hydrogen-bond acceptors (Lipinski definition) is 3. The fourth-order valence-electron chi connectivity index (χ4n) is 0.903. The molecule has 4 N–H and O–H groups in total. The van der Waals surface area contributed by atoms with Crippen LogP contribution in [0.15, 0.2) is 29.2 Å². The molecule has 14 heavy (non-hydrogen) atoms. The second-order valence-electron chi connectivity index (χ2n) is 3.13. The summed E-state index contributed by atoms with van der Waals surface area (Å²) in [6, 6.07) is 7.50. The molecule has 1 unspecified atom stereocenters. The second-order valence-corrected chi connectivity index (χ2v) is 4.23. The zero-order valence-electron chi connectivity index (χ0n) is 8.07. The van der Waals surface area contributed by atoms with Crippen LogP contribution in [0.3, 0.4) is 0 Å². The van der Waals surface area contributed by atoms with Crippen molar-refractivity contribution in [2.75, 3.05) is 5.75 Å². The van der Waals surface area contributed by atoms with Gasteiger partial charge in [0.05, 0.1) is 6.04 Å². The lowest BCUT2D eigenvalue weighted by Crippen LogP contribution is -2.38. The third-order valence-electron chi connectivity index (χ3n) is 1.82. The number of primary amides is 1. The van der Waals surface area contributed by atoms with E-state index in [0.29, 0.717) is 5.75 Å². The summed E-state index contributed by atoms with van der Waals surface area (Å²) in [6.45, 7) is 2.03. The van der Waals surface area contributed by atoms with Crippen LogP contribution in [0.4, 0.5) is 0 Å². The average molecular weight is 210 g/mol. The van der Waals surface area contributed by atoms with Gasteiger partial charge in [0.25, 0.3) is 0 Å². The van der Waals surface area contributed by atoms with E-state index >= 15 is 0 Å². The second kappa shape index (κ2) is 5.02. The van der Waals surface area contributed by atoms with Crippen LogP contribution in [0.1, 0.15) is 5.56 Å². The molecule has 1 rings (SSSR count). The maximum atomic E-state index is 10.7. The van der Waals surface area contributed by atoms with Crippen molar-refractivity contribution in [3.05, 3.63) is 29.8 Å². The minimum absolute atomic E-state index is 0.454. The Hall–Kier alpha value is -1.00. The Labute approximate surface area is 87.9 Å². The Morgan fingerprint density at radius 1 is 1.43 bits per heavy atom. The van der Waals surface area contributed by atoms with E-state index in [1.807, 2.05) is 31.2 Å². The first-order chi connectivity index (χ1) is 6.59. The van der Waals surface area contributed by atoms with Gasteiger partial charge in [0.2, 0.25) is 5.91 Å². The van der Waals surface area contributed by atoms with E-state index in [1.54, 1.807) is 0 Å². The number of carbonyl (C=O) groups excluding carboxylic acids is 1. The topological polar surface area (TPSA) is 69.1 Å². The molecule has 0 heterocycles. The first-order valence-electron chi connectivity index (χ1n) is 4.34. The fourth-order valence-corrected chi connectivity index (χ4v) is 1.77. The number of rotatable bonds is 4. The first kappa shape index (κ1) is 11.1. The predicted octanol–water partition coefficient (Wildman–Crippen LogP) is 0.900. The van der Waals surface area contributed by atoms with Crippen LogP contribution >= 0.6 is 11.8 Å². The van der Waals surface area contributed by atoms with Crippen LogP contribution < -0.4 is 11.5 Å². The quantitative estimate of drug-likeness (QED) is 0.725. The van der Waals surface area contributed by atoms with Gasteiger partial charge in [0.1, 0.15) is 0 Å². The monoisotopic (exact) mass is 210 g/mol. The molecule has 0 spiro atoms. The molecule has 0 aliphatic heterocycles. The van der Waals surface area contributed by atoms with Gasteiger partial charge in [0.15, 0.2) is 0 Å².